The molecular formula is C46H61N5O10Si2. The van der Waals surface area contributed by atoms with Gasteiger partial charge >= 0.3 is 17.9 Å². The van der Waals surface area contributed by atoms with Gasteiger partial charge in [0.25, 0.3) is 5.56 Å². The van der Waals surface area contributed by atoms with E-state index in [9.17, 15) is 19.2 Å². The Hall–Kier alpha value is -4.95. The number of nitrogens with zero attached hydrogens (tertiary/aromatic N) is 3. The van der Waals surface area contributed by atoms with Crippen LogP contribution < -0.4 is 10.9 Å². The van der Waals surface area contributed by atoms with Gasteiger partial charge in [-0.05, 0) is 63.4 Å². The van der Waals surface area contributed by atoms with Crippen LogP contribution in [-0.4, -0.2) is 85.1 Å². The second-order valence-electron chi connectivity index (χ2n) is 19.8. The summed E-state index contributed by atoms with van der Waals surface area (Å²) in [5.74, 6) is -1.95. The third-order valence-corrected chi connectivity index (χ3v) is 22.3. The molecule has 0 saturated carbocycles. The van der Waals surface area contributed by atoms with Crippen LogP contribution in [0.2, 0.25) is 36.3 Å². The van der Waals surface area contributed by atoms with Gasteiger partial charge in [-0.15, -0.1) is 0 Å². The monoisotopic (exact) mass is 899 g/mol. The van der Waals surface area contributed by atoms with E-state index in [1.165, 1.54) is 20.8 Å². The van der Waals surface area contributed by atoms with Gasteiger partial charge in [0.1, 0.15) is 12.3 Å². The largest absolute Gasteiger partial charge is 0.456 e. The van der Waals surface area contributed by atoms with Crippen LogP contribution in [-0.2, 0) is 42.2 Å². The molecule has 1 fully saturated rings. The van der Waals surface area contributed by atoms with Crippen LogP contribution in [0.25, 0.3) is 32.7 Å². The van der Waals surface area contributed by atoms with E-state index in [1.807, 2.05) is 48.5 Å². The molecular weight excluding hydrogens is 839 g/mol. The van der Waals surface area contributed by atoms with Crippen LogP contribution in [0.4, 0.5) is 5.95 Å². The molecule has 0 bridgehead atoms. The number of ether oxygens (including phenoxy) is 4. The summed E-state index contributed by atoms with van der Waals surface area (Å²) in [4.78, 5) is 64.7. The number of hydrogen-bond donors (Lipinski definition) is 2. The van der Waals surface area contributed by atoms with Crippen molar-refractivity contribution in [1.82, 2.24) is 19.5 Å². The molecule has 1 aliphatic carbocycles. The number of hydrogen-bond acceptors (Lipinski definition) is 13. The summed E-state index contributed by atoms with van der Waals surface area (Å²) in [5.41, 5.74) is 0.949. The number of nitrogens with one attached hydrogen (secondary N) is 2. The Balaban J connectivity index is 1.35. The number of esters is 3. The number of rotatable bonds is 11. The molecule has 1 saturated heterocycles. The number of carbonyl (C=O) groups is 3. The Morgan fingerprint density at radius 3 is 2.11 bits per heavy atom. The predicted octanol–water partition coefficient (Wildman–Crippen LogP) is 8.76. The fourth-order valence-corrected chi connectivity index (χ4v) is 10.5. The summed E-state index contributed by atoms with van der Waals surface area (Å²) < 4.78 is 40.1. The Kier molecular flexibility index (Phi) is 12.3. The zero-order valence-corrected chi connectivity index (χ0v) is 40.6. The molecule has 1 aliphatic heterocycles. The number of fused-ring (bicyclic) bond motifs is 6. The molecule has 17 heteroatoms. The molecule has 2 aliphatic rings. The quantitative estimate of drug-likeness (QED) is 0.0556. The Morgan fingerprint density at radius 1 is 0.841 bits per heavy atom. The molecule has 338 valence electrons. The zero-order chi connectivity index (χ0) is 46.0. The molecule has 3 heterocycles. The van der Waals surface area contributed by atoms with E-state index in [0.717, 1.165) is 21.5 Å². The molecule has 7 atom stereocenters. The molecule has 0 amide bonds. The Morgan fingerprint density at radius 2 is 1.46 bits per heavy atom. The normalized spacial score (nSPS) is 23.2. The highest BCUT2D eigenvalue weighted by molar-refractivity contribution is 6.74. The average molecular weight is 900 g/mol. The highest BCUT2D eigenvalue weighted by Gasteiger charge is 2.51. The maximum Gasteiger partial charge on any atom is 0.303 e. The minimum absolute atomic E-state index is 0.0119. The highest BCUT2D eigenvalue weighted by Crippen LogP contribution is 2.48. The maximum absolute atomic E-state index is 14.0. The minimum Gasteiger partial charge on any atom is -0.456 e. The van der Waals surface area contributed by atoms with E-state index >= 15 is 0 Å². The van der Waals surface area contributed by atoms with E-state index in [2.05, 4.69) is 83.0 Å². The second kappa shape index (κ2) is 16.9. The lowest BCUT2D eigenvalue weighted by Gasteiger charge is -2.42. The maximum atomic E-state index is 14.0. The number of benzene rings is 3. The number of aromatic amines is 1. The van der Waals surface area contributed by atoms with E-state index in [-0.39, 0.29) is 33.3 Å². The lowest BCUT2D eigenvalue weighted by atomic mass is 9.77. The summed E-state index contributed by atoms with van der Waals surface area (Å²) >= 11 is 0. The van der Waals surface area contributed by atoms with Gasteiger partial charge in [-0.3, -0.25) is 28.7 Å². The SMILES string of the molecule is CC(=O)O[C@H]1[C@H](OC(C)=O)[C@@H](OC(C)=O)c2ccc3ccc4ccccc4c3c2[C@@H]1Nc1nc2c(ncn2[C@H]2C[C@H](O[Si](C)(C)C(C)(C)C)[C@@H](CO[Si](C)(C)C(C)(C)C)O2)c(=O)[nH]1. The van der Waals surface area contributed by atoms with Gasteiger partial charge in [-0.25, -0.2) is 4.98 Å². The van der Waals surface area contributed by atoms with E-state index in [1.54, 1.807) is 10.9 Å². The third-order valence-electron chi connectivity index (χ3n) is 13.3. The van der Waals surface area contributed by atoms with Crippen LogP contribution in [0.15, 0.2) is 59.7 Å². The minimum atomic E-state index is -2.27. The lowest BCUT2D eigenvalue weighted by Crippen LogP contribution is -2.50. The lowest BCUT2D eigenvalue weighted by molar-refractivity contribution is -0.187. The fourth-order valence-electron chi connectivity index (χ4n) is 8.10. The van der Waals surface area contributed by atoms with Crippen LogP contribution in [0.1, 0.15) is 98.2 Å². The first kappa shape index (κ1) is 46.1. The zero-order valence-electron chi connectivity index (χ0n) is 38.6. The molecule has 0 radical (unpaired) electrons. The standard InChI is InChI=1S/C46H61N5O10Si2/c1-25(52)57-39-31-21-20-29-19-18-28-16-14-15-17-30(28)35(29)36(31)37(40(58-26(2)53)41(39)59-27(3)54)48-44-49-42-38(43(55)50-44)47-24-51(42)34-22-32(61-63(12,13)46(7,8)9)33(60-34)23-56-62(10,11)45(4,5)6/h14-21,24,32-34,37,39-41H,22-23H2,1-13H3,(H2,48,49,50,55)/t32-,33+,34+,37-,39-,40+,41+/m0/s1. The van der Waals surface area contributed by atoms with Gasteiger partial charge in [-0.2, -0.15) is 4.98 Å². The van der Waals surface area contributed by atoms with Crippen LogP contribution in [0.5, 0.6) is 0 Å². The first-order chi connectivity index (χ1) is 29.4. The Bertz CT molecular complexity index is 2630. The number of imidazole rings is 1. The number of carbonyl (C=O) groups excluding carboxylic acids is 3. The first-order valence-corrected chi connectivity index (χ1v) is 27.3. The van der Waals surface area contributed by atoms with E-state index < -0.39 is 76.8 Å². The van der Waals surface area contributed by atoms with Crippen molar-refractivity contribution in [2.24, 2.45) is 0 Å². The van der Waals surface area contributed by atoms with Crippen LogP contribution in [0.3, 0.4) is 0 Å². The molecule has 63 heavy (non-hydrogen) atoms. The van der Waals surface area contributed by atoms with Crippen molar-refractivity contribution >= 4 is 73.2 Å². The predicted molar refractivity (Wildman–Crippen MR) is 245 cm³/mol. The molecule has 5 aromatic rings. The van der Waals surface area contributed by atoms with Crippen molar-refractivity contribution in [3.05, 3.63) is 76.3 Å². The number of anilines is 1. The van der Waals surface area contributed by atoms with Crippen molar-refractivity contribution in [2.45, 2.75) is 148 Å². The van der Waals surface area contributed by atoms with Crippen molar-refractivity contribution in [3.63, 3.8) is 0 Å². The smallest absolute Gasteiger partial charge is 0.303 e. The number of H-pyrrole nitrogens is 1. The summed E-state index contributed by atoms with van der Waals surface area (Å²) in [5, 5.41) is 6.77. The molecule has 2 aromatic heterocycles. The van der Waals surface area contributed by atoms with Crippen molar-refractivity contribution in [2.75, 3.05) is 11.9 Å². The van der Waals surface area contributed by atoms with Crippen molar-refractivity contribution < 1.29 is 42.2 Å². The van der Waals surface area contributed by atoms with Gasteiger partial charge < -0.3 is 33.1 Å². The Labute approximate surface area is 369 Å². The van der Waals surface area contributed by atoms with E-state index in [0.29, 0.717) is 24.2 Å². The molecule has 7 rings (SSSR count). The van der Waals surface area contributed by atoms with Gasteiger partial charge in [0, 0.05) is 32.8 Å². The van der Waals surface area contributed by atoms with Crippen LogP contribution in [0, 0.1) is 0 Å². The highest BCUT2D eigenvalue weighted by atomic mass is 28.4. The van der Waals surface area contributed by atoms with Crippen molar-refractivity contribution in [3.8, 4) is 0 Å². The molecule has 15 nitrogen and oxygen atoms in total. The molecule has 0 spiro atoms. The average Bonchev–Trinajstić information content (AvgIpc) is 3.78. The van der Waals surface area contributed by atoms with Gasteiger partial charge in [0.2, 0.25) is 5.95 Å². The summed E-state index contributed by atoms with van der Waals surface area (Å²) in [6, 6.07) is 14.5. The van der Waals surface area contributed by atoms with Gasteiger partial charge in [0.15, 0.2) is 46.1 Å². The second-order valence-corrected chi connectivity index (χ2v) is 29.4. The summed E-state index contributed by atoms with van der Waals surface area (Å²) in [6.07, 6.45) is -2.99. The van der Waals surface area contributed by atoms with Gasteiger partial charge in [-0.1, -0.05) is 90.1 Å². The number of aromatic nitrogens is 4. The summed E-state index contributed by atoms with van der Waals surface area (Å²) in [7, 11) is -4.43. The third kappa shape index (κ3) is 9.07. The molecule has 3 aromatic carbocycles. The fraction of sp³-hybridized carbons (Fsp3) is 0.522. The molecule has 2 N–H and O–H groups in total. The topological polar surface area (TPSA) is 182 Å². The van der Waals surface area contributed by atoms with Crippen molar-refractivity contribution in [1.29, 1.82) is 0 Å². The van der Waals surface area contributed by atoms with Crippen LogP contribution >= 0.6 is 0 Å². The first-order valence-electron chi connectivity index (χ1n) is 21.5. The summed E-state index contributed by atoms with van der Waals surface area (Å²) in [6.45, 7) is 26.2. The van der Waals surface area contributed by atoms with E-state index in [4.69, 9.17) is 32.8 Å². The van der Waals surface area contributed by atoms with Gasteiger partial charge in [0.05, 0.1) is 25.1 Å². The molecule has 0 unspecified atom stereocenters.